The van der Waals surface area contributed by atoms with Gasteiger partial charge < -0.3 is 23.7 Å². The summed E-state index contributed by atoms with van der Waals surface area (Å²) in [5, 5.41) is 1.20. The molecule has 2 saturated carbocycles. The lowest BCUT2D eigenvalue weighted by Gasteiger charge is -2.31. The molecule has 1 saturated heterocycles. The Labute approximate surface area is 253 Å². The van der Waals surface area contributed by atoms with Crippen molar-refractivity contribution in [3.63, 3.8) is 0 Å². The van der Waals surface area contributed by atoms with E-state index in [2.05, 4.69) is 45.0 Å². The van der Waals surface area contributed by atoms with Gasteiger partial charge in [-0.1, -0.05) is 38.1 Å². The number of aromatic nitrogens is 1. The van der Waals surface area contributed by atoms with E-state index in [1.54, 1.807) is 21.3 Å². The minimum absolute atomic E-state index is 0.135. The number of thiol groups is 1. The molecule has 0 spiro atoms. The van der Waals surface area contributed by atoms with E-state index in [0.29, 0.717) is 44.3 Å². The summed E-state index contributed by atoms with van der Waals surface area (Å²) in [7, 11) is 4.95. The van der Waals surface area contributed by atoms with Gasteiger partial charge in [0.25, 0.3) is 5.91 Å². The Kier molecular flexibility index (Phi) is 8.26. The van der Waals surface area contributed by atoms with Crippen LogP contribution < -0.4 is 9.46 Å². The SMILES string of the molecule is COC.COc1ccc2c(c1)C1CC1(C(=O)N1CCOCC1)Cn1c-2c(C2CCCCC2)c2ccc(C(=O)NS)cc21. The highest BCUT2D eigenvalue weighted by atomic mass is 32.1. The van der Waals surface area contributed by atoms with Crippen molar-refractivity contribution in [2.45, 2.75) is 56.9 Å². The maximum atomic E-state index is 14.3. The maximum Gasteiger partial charge on any atom is 0.260 e. The number of carbonyl (C=O) groups excluding carboxylic acids is 2. The predicted molar refractivity (Wildman–Crippen MR) is 166 cm³/mol. The summed E-state index contributed by atoms with van der Waals surface area (Å²) in [6.07, 6.45) is 6.89. The van der Waals surface area contributed by atoms with Crippen molar-refractivity contribution in [1.82, 2.24) is 14.2 Å². The highest BCUT2D eigenvalue weighted by molar-refractivity contribution is 7.78. The van der Waals surface area contributed by atoms with Gasteiger partial charge in [0.2, 0.25) is 5.91 Å². The van der Waals surface area contributed by atoms with Crippen molar-refractivity contribution < 1.29 is 23.8 Å². The lowest BCUT2D eigenvalue weighted by Crippen LogP contribution is -2.45. The molecule has 224 valence electrons. The van der Waals surface area contributed by atoms with Crippen molar-refractivity contribution in [2.75, 3.05) is 47.6 Å². The Hall–Kier alpha value is -3.01. The van der Waals surface area contributed by atoms with Crippen LogP contribution in [-0.4, -0.2) is 68.9 Å². The standard InChI is InChI=1S/C31H35N3O4S.C2H6O/c1-37-21-8-10-22-24(16-21)25-17-31(25,30(36)33-11-13-38-14-12-33)18-34-26-15-20(29(35)32-39)7-9-23(26)27(28(22)34)19-5-3-2-4-6-19;1-3-2/h7-10,15-16,19,25,39H,2-6,11-14,17-18H2,1H3,(H,32,35);1-2H3. The number of fused-ring (bicyclic) bond motifs is 7. The van der Waals surface area contributed by atoms with Crippen LogP contribution in [0.1, 0.15) is 71.8 Å². The smallest absolute Gasteiger partial charge is 0.260 e. The number of nitrogens with zero attached hydrogens (tertiary/aromatic N) is 2. The third kappa shape index (κ3) is 4.89. The maximum absolute atomic E-state index is 14.3. The first kappa shape index (κ1) is 29.1. The first-order valence-corrected chi connectivity index (χ1v) is 15.5. The average molecular weight is 592 g/mol. The number of nitrogens with one attached hydrogen (secondary N) is 1. The first-order valence-electron chi connectivity index (χ1n) is 15.0. The van der Waals surface area contributed by atoms with E-state index in [-0.39, 0.29) is 17.7 Å². The number of carbonyl (C=O) groups is 2. The molecule has 3 heterocycles. The van der Waals surface area contributed by atoms with Crippen LogP contribution in [0.4, 0.5) is 0 Å². The van der Waals surface area contributed by atoms with E-state index < -0.39 is 5.41 Å². The van der Waals surface area contributed by atoms with E-state index in [0.717, 1.165) is 30.5 Å². The molecule has 2 aromatic carbocycles. The lowest BCUT2D eigenvalue weighted by molar-refractivity contribution is -0.141. The molecule has 2 amide bonds. The fraction of sp³-hybridized carbons (Fsp3) is 0.515. The van der Waals surface area contributed by atoms with E-state index >= 15 is 0 Å². The molecule has 3 aromatic rings. The van der Waals surface area contributed by atoms with Crippen LogP contribution in [-0.2, 0) is 20.8 Å². The second-order valence-corrected chi connectivity index (χ2v) is 12.3. The number of hydrogen-bond acceptors (Lipinski definition) is 6. The number of methoxy groups -OCH3 is 2. The van der Waals surface area contributed by atoms with Gasteiger partial charge in [-0.2, -0.15) is 0 Å². The molecular weight excluding hydrogens is 550 g/mol. The van der Waals surface area contributed by atoms with E-state index in [4.69, 9.17) is 9.47 Å². The Balaban J connectivity index is 0.00000101. The van der Waals surface area contributed by atoms with Crippen LogP contribution in [0.25, 0.3) is 22.2 Å². The zero-order chi connectivity index (χ0) is 29.4. The highest BCUT2D eigenvalue weighted by Gasteiger charge is 2.63. The number of benzene rings is 2. The lowest BCUT2D eigenvalue weighted by atomic mass is 9.81. The molecule has 2 aliphatic heterocycles. The van der Waals surface area contributed by atoms with E-state index in [9.17, 15) is 9.59 Å². The van der Waals surface area contributed by atoms with Crippen LogP contribution >= 0.6 is 12.8 Å². The molecule has 2 unspecified atom stereocenters. The number of morpholine rings is 1. The Morgan fingerprint density at radius 2 is 1.76 bits per heavy atom. The number of amides is 2. The van der Waals surface area contributed by atoms with Crippen LogP contribution in [0.15, 0.2) is 36.4 Å². The van der Waals surface area contributed by atoms with Gasteiger partial charge in [0.05, 0.1) is 31.4 Å². The monoisotopic (exact) mass is 591 g/mol. The molecule has 7 rings (SSSR count). The van der Waals surface area contributed by atoms with Gasteiger partial charge in [0, 0.05) is 61.8 Å². The highest BCUT2D eigenvalue weighted by Crippen LogP contribution is 2.66. The molecule has 0 radical (unpaired) electrons. The zero-order valence-corrected chi connectivity index (χ0v) is 25.7. The molecule has 1 aromatic heterocycles. The second-order valence-electron chi connectivity index (χ2n) is 12.0. The van der Waals surface area contributed by atoms with Gasteiger partial charge in [0.1, 0.15) is 5.75 Å². The van der Waals surface area contributed by atoms with Gasteiger partial charge in [-0.3, -0.25) is 14.3 Å². The van der Waals surface area contributed by atoms with Gasteiger partial charge in [-0.25, -0.2) is 0 Å². The molecule has 4 aliphatic rings. The number of rotatable bonds is 4. The Morgan fingerprint density at radius 1 is 1.02 bits per heavy atom. The van der Waals surface area contributed by atoms with Gasteiger partial charge in [-0.15, -0.1) is 0 Å². The molecule has 9 heteroatoms. The Morgan fingerprint density at radius 3 is 2.45 bits per heavy atom. The average Bonchev–Trinajstić information content (AvgIpc) is 3.71. The molecule has 8 nitrogen and oxygen atoms in total. The topological polar surface area (TPSA) is 82.0 Å². The molecule has 2 aliphatic carbocycles. The van der Waals surface area contributed by atoms with Gasteiger partial charge >= 0.3 is 0 Å². The van der Waals surface area contributed by atoms with E-state index in [1.165, 1.54) is 47.0 Å². The molecule has 3 fully saturated rings. The first-order chi connectivity index (χ1) is 20.5. The summed E-state index contributed by atoms with van der Waals surface area (Å²) < 4.78 is 20.4. The van der Waals surface area contributed by atoms with Crippen molar-refractivity contribution in [3.8, 4) is 17.0 Å². The summed E-state index contributed by atoms with van der Waals surface area (Å²) >= 11 is 4.02. The molecule has 42 heavy (non-hydrogen) atoms. The second kappa shape index (κ2) is 11.9. The van der Waals surface area contributed by atoms with Crippen LogP contribution in [0, 0.1) is 5.41 Å². The third-order valence-electron chi connectivity index (χ3n) is 9.61. The van der Waals surface area contributed by atoms with Gasteiger partial charge in [0.15, 0.2) is 0 Å². The summed E-state index contributed by atoms with van der Waals surface area (Å²) in [5.41, 5.74) is 6.11. The quantitative estimate of drug-likeness (QED) is 0.389. The molecular formula is C33H41N3O5S. The normalized spacial score (nSPS) is 23.0. The number of ether oxygens (including phenoxy) is 3. The van der Waals surface area contributed by atoms with Crippen molar-refractivity contribution in [2.24, 2.45) is 5.41 Å². The zero-order valence-electron chi connectivity index (χ0n) is 24.8. The molecule has 2 atom stereocenters. The molecule has 0 bridgehead atoms. The van der Waals surface area contributed by atoms with Crippen molar-refractivity contribution >= 4 is 35.5 Å². The summed E-state index contributed by atoms with van der Waals surface area (Å²) in [6.45, 7) is 3.05. The summed E-state index contributed by atoms with van der Waals surface area (Å²) in [6, 6.07) is 12.4. The minimum Gasteiger partial charge on any atom is -0.497 e. The van der Waals surface area contributed by atoms with Gasteiger partial charge in [-0.05, 0) is 66.6 Å². The van der Waals surface area contributed by atoms with Crippen LogP contribution in [0.3, 0.4) is 0 Å². The summed E-state index contributed by atoms with van der Waals surface area (Å²) in [5.74, 6) is 1.41. The van der Waals surface area contributed by atoms with Crippen LogP contribution in [0.2, 0.25) is 0 Å². The van der Waals surface area contributed by atoms with Crippen molar-refractivity contribution in [1.29, 1.82) is 0 Å². The number of hydrogen-bond donors (Lipinski definition) is 2. The van der Waals surface area contributed by atoms with Crippen LogP contribution in [0.5, 0.6) is 5.75 Å². The molecule has 1 N–H and O–H groups in total. The Bertz CT molecular complexity index is 1490. The fourth-order valence-electron chi connectivity index (χ4n) is 7.57. The summed E-state index contributed by atoms with van der Waals surface area (Å²) in [4.78, 5) is 28.9. The third-order valence-corrected chi connectivity index (χ3v) is 9.81. The predicted octanol–water partition coefficient (Wildman–Crippen LogP) is 5.55. The minimum atomic E-state index is -0.513. The van der Waals surface area contributed by atoms with E-state index in [1.807, 2.05) is 23.1 Å². The fourth-order valence-corrected chi connectivity index (χ4v) is 7.70. The largest absolute Gasteiger partial charge is 0.497 e. The van der Waals surface area contributed by atoms with Crippen molar-refractivity contribution in [3.05, 3.63) is 53.1 Å².